The van der Waals surface area contributed by atoms with E-state index >= 15 is 0 Å². The molecule has 1 aromatic rings. The van der Waals surface area contributed by atoms with E-state index in [0.29, 0.717) is 11.4 Å². The molecular formula is C13H22FN3O. The van der Waals surface area contributed by atoms with Gasteiger partial charge < -0.3 is 10.1 Å². The van der Waals surface area contributed by atoms with Crippen molar-refractivity contribution >= 4 is 0 Å². The van der Waals surface area contributed by atoms with Gasteiger partial charge in [0.1, 0.15) is 11.9 Å². The van der Waals surface area contributed by atoms with Crippen LogP contribution in [0.1, 0.15) is 38.1 Å². The molecule has 5 heteroatoms. The van der Waals surface area contributed by atoms with E-state index in [1.54, 1.807) is 18.0 Å². The lowest BCUT2D eigenvalue weighted by molar-refractivity contribution is 0.179. The molecule has 1 N–H and O–H groups in total. The van der Waals surface area contributed by atoms with Crippen LogP contribution in [-0.2, 0) is 6.54 Å². The lowest BCUT2D eigenvalue weighted by Gasteiger charge is -2.26. The number of aromatic nitrogens is 2. The molecule has 1 aromatic heterocycles. The zero-order valence-corrected chi connectivity index (χ0v) is 11.2. The van der Waals surface area contributed by atoms with Gasteiger partial charge in [-0.15, -0.1) is 0 Å². The predicted molar refractivity (Wildman–Crippen MR) is 68.5 cm³/mol. The maximum atomic E-state index is 14.7. The predicted octanol–water partition coefficient (Wildman–Crippen LogP) is 2.31. The molecule has 2 unspecified atom stereocenters. The first-order chi connectivity index (χ1) is 8.77. The molecule has 0 aromatic carbocycles. The SMILES string of the molecule is CCCn1ncc(OC)c1C(F)C1CCCNC1. The molecule has 2 rings (SSSR count). The van der Waals surface area contributed by atoms with Crippen LogP contribution in [0.3, 0.4) is 0 Å². The van der Waals surface area contributed by atoms with E-state index in [-0.39, 0.29) is 5.92 Å². The number of hydrogen-bond donors (Lipinski definition) is 1. The summed E-state index contributed by atoms with van der Waals surface area (Å²) in [6, 6.07) is 0. The highest BCUT2D eigenvalue weighted by Gasteiger charge is 2.30. The first-order valence-corrected chi connectivity index (χ1v) is 6.72. The van der Waals surface area contributed by atoms with Gasteiger partial charge >= 0.3 is 0 Å². The molecule has 102 valence electrons. The molecule has 1 aliphatic heterocycles. The summed E-state index contributed by atoms with van der Waals surface area (Å²) in [6.07, 6.45) is 3.52. The molecule has 4 nitrogen and oxygen atoms in total. The third kappa shape index (κ3) is 2.66. The van der Waals surface area contributed by atoms with Gasteiger partial charge in [-0.1, -0.05) is 6.92 Å². The van der Waals surface area contributed by atoms with Gasteiger partial charge in [-0.05, 0) is 25.8 Å². The lowest BCUT2D eigenvalue weighted by atomic mass is 9.92. The Bertz CT molecular complexity index is 374. The second-order valence-electron chi connectivity index (χ2n) is 4.83. The van der Waals surface area contributed by atoms with E-state index in [0.717, 1.165) is 38.9 Å². The second kappa shape index (κ2) is 6.18. The number of ether oxygens (including phenoxy) is 1. The van der Waals surface area contributed by atoms with Crippen LogP contribution >= 0.6 is 0 Å². The normalized spacial score (nSPS) is 21.8. The molecule has 0 spiro atoms. The quantitative estimate of drug-likeness (QED) is 0.877. The smallest absolute Gasteiger partial charge is 0.162 e. The van der Waals surface area contributed by atoms with E-state index in [1.165, 1.54) is 0 Å². The van der Waals surface area contributed by atoms with Crippen LogP contribution in [-0.4, -0.2) is 30.0 Å². The number of methoxy groups -OCH3 is 1. The highest BCUT2D eigenvalue weighted by Crippen LogP contribution is 2.36. The molecule has 0 amide bonds. The monoisotopic (exact) mass is 255 g/mol. The van der Waals surface area contributed by atoms with Crippen LogP contribution in [0.15, 0.2) is 6.20 Å². The summed E-state index contributed by atoms with van der Waals surface area (Å²) in [4.78, 5) is 0. The Balaban J connectivity index is 2.20. The molecule has 2 heterocycles. The molecule has 0 radical (unpaired) electrons. The number of piperidine rings is 1. The zero-order chi connectivity index (χ0) is 13.0. The fraction of sp³-hybridized carbons (Fsp3) is 0.769. The highest BCUT2D eigenvalue weighted by atomic mass is 19.1. The summed E-state index contributed by atoms with van der Waals surface area (Å²) in [5, 5.41) is 7.48. The average Bonchev–Trinajstić information content (AvgIpc) is 2.82. The number of aryl methyl sites for hydroxylation is 1. The maximum absolute atomic E-state index is 14.7. The summed E-state index contributed by atoms with van der Waals surface area (Å²) in [6.45, 7) is 4.53. The minimum atomic E-state index is -0.998. The second-order valence-corrected chi connectivity index (χ2v) is 4.83. The van der Waals surface area contributed by atoms with Gasteiger partial charge in [0.25, 0.3) is 0 Å². The minimum absolute atomic E-state index is 0.0277. The van der Waals surface area contributed by atoms with E-state index in [2.05, 4.69) is 17.3 Å². The summed E-state index contributed by atoms with van der Waals surface area (Å²) >= 11 is 0. The van der Waals surface area contributed by atoms with Crippen molar-refractivity contribution in [3.8, 4) is 5.75 Å². The van der Waals surface area contributed by atoms with E-state index in [4.69, 9.17) is 4.74 Å². The first kappa shape index (κ1) is 13.3. The summed E-state index contributed by atoms with van der Waals surface area (Å²) in [5.74, 6) is 0.599. The van der Waals surface area contributed by atoms with Gasteiger partial charge in [-0.2, -0.15) is 5.10 Å². The van der Waals surface area contributed by atoms with Gasteiger partial charge in [-0.3, -0.25) is 4.68 Å². The summed E-state index contributed by atoms with van der Waals surface area (Å²) < 4.78 is 21.7. The summed E-state index contributed by atoms with van der Waals surface area (Å²) in [7, 11) is 1.57. The van der Waals surface area contributed by atoms with Crippen molar-refractivity contribution in [1.29, 1.82) is 0 Å². The molecule has 0 aliphatic carbocycles. The third-order valence-corrected chi connectivity index (χ3v) is 3.51. The summed E-state index contributed by atoms with van der Waals surface area (Å²) in [5.41, 5.74) is 0.605. The van der Waals surface area contributed by atoms with Crippen molar-refractivity contribution < 1.29 is 9.13 Å². The third-order valence-electron chi connectivity index (χ3n) is 3.51. The van der Waals surface area contributed by atoms with Gasteiger partial charge in [0.05, 0.1) is 13.3 Å². The van der Waals surface area contributed by atoms with Crippen molar-refractivity contribution in [2.75, 3.05) is 20.2 Å². The average molecular weight is 255 g/mol. The Morgan fingerprint density at radius 3 is 3.11 bits per heavy atom. The number of alkyl halides is 1. The zero-order valence-electron chi connectivity index (χ0n) is 11.2. The molecule has 2 atom stereocenters. The van der Waals surface area contributed by atoms with E-state index in [1.807, 2.05) is 0 Å². The molecule has 1 aliphatic rings. The fourth-order valence-electron chi connectivity index (χ4n) is 2.56. The van der Waals surface area contributed by atoms with E-state index < -0.39 is 6.17 Å². The van der Waals surface area contributed by atoms with E-state index in [9.17, 15) is 4.39 Å². The van der Waals surface area contributed by atoms with Crippen molar-refractivity contribution in [3.63, 3.8) is 0 Å². The van der Waals surface area contributed by atoms with Crippen LogP contribution in [0.25, 0.3) is 0 Å². The number of nitrogens with one attached hydrogen (secondary N) is 1. The van der Waals surface area contributed by atoms with Crippen LogP contribution < -0.4 is 10.1 Å². The largest absolute Gasteiger partial charge is 0.493 e. The number of rotatable bonds is 5. The number of halogens is 1. The Labute approximate surface area is 108 Å². The van der Waals surface area contributed by atoms with Crippen LogP contribution in [0.5, 0.6) is 5.75 Å². The fourth-order valence-corrected chi connectivity index (χ4v) is 2.56. The Hall–Kier alpha value is -1.10. The molecule has 18 heavy (non-hydrogen) atoms. The minimum Gasteiger partial charge on any atom is -0.493 e. The van der Waals surface area contributed by atoms with Gasteiger partial charge in [0.15, 0.2) is 5.75 Å². The number of hydrogen-bond acceptors (Lipinski definition) is 3. The van der Waals surface area contributed by atoms with Gasteiger partial charge in [-0.25, -0.2) is 4.39 Å². The van der Waals surface area contributed by atoms with Gasteiger partial charge in [0, 0.05) is 19.0 Å². The molecular weight excluding hydrogens is 233 g/mol. The van der Waals surface area contributed by atoms with Crippen LogP contribution in [0, 0.1) is 5.92 Å². The first-order valence-electron chi connectivity index (χ1n) is 6.72. The lowest BCUT2D eigenvalue weighted by Crippen LogP contribution is -2.33. The number of nitrogens with zero attached hydrogens (tertiary/aromatic N) is 2. The van der Waals surface area contributed by atoms with Gasteiger partial charge in [0.2, 0.25) is 0 Å². The Morgan fingerprint density at radius 1 is 1.67 bits per heavy atom. The highest BCUT2D eigenvalue weighted by molar-refractivity contribution is 5.28. The molecule has 1 fully saturated rings. The molecule has 0 saturated carbocycles. The van der Waals surface area contributed by atoms with Crippen LogP contribution in [0.2, 0.25) is 0 Å². The van der Waals surface area contributed by atoms with Crippen molar-refractivity contribution in [2.24, 2.45) is 5.92 Å². The molecule has 1 saturated heterocycles. The van der Waals surface area contributed by atoms with Crippen molar-refractivity contribution in [2.45, 2.75) is 38.9 Å². The molecule has 0 bridgehead atoms. The maximum Gasteiger partial charge on any atom is 0.162 e. The van der Waals surface area contributed by atoms with Crippen molar-refractivity contribution in [1.82, 2.24) is 15.1 Å². The standard InChI is InChI=1S/C13H22FN3O/c1-3-7-17-13(11(18-2)9-16-17)12(14)10-5-4-6-15-8-10/h9-10,12,15H,3-8H2,1-2H3. The van der Waals surface area contributed by atoms with Crippen LogP contribution in [0.4, 0.5) is 4.39 Å². The Morgan fingerprint density at radius 2 is 2.50 bits per heavy atom. The van der Waals surface area contributed by atoms with Crippen molar-refractivity contribution in [3.05, 3.63) is 11.9 Å². The Kier molecular flexibility index (Phi) is 4.58. The topological polar surface area (TPSA) is 39.1 Å².